The maximum Gasteiger partial charge on any atom is 0.294 e. The summed E-state index contributed by atoms with van der Waals surface area (Å²) in [5, 5.41) is 2.16. The minimum atomic E-state index is -0.501. The van der Waals surface area contributed by atoms with Gasteiger partial charge < -0.3 is 14.5 Å². The number of carbonyl (C=O) groups is 3. The molecule has 0 radical (unpaired) electrons. The number of imide groups is 1. The van der Waals surface area contributed by atoms with Crippen LogP contribution in [0, 0.1) is 0 Å². The minimum Gasteiger partial charge on any atom is -0.497 e. The Bertz CT molecular complexity index is 901. The Kier molecular flexibility index (Phi) is 5.77. The minimum absolute atomic E-state index is 0.250. The Labute approximate surface area is 159 Å². The van der Waals surface area contributed by atoms with E-state index in [4.69, 9.17) is 9.15 Å². The Morgan fingerprint density at radius 2 is 2.04 bits per heavy atom. The van der Waals surface area contributed by atoms with Crippen molar-refractivity contribution in [2.45, 2.75) is 0 Å². The number of furan rings is 1. The van der Waals surface area contributed by atoms with E-state index in [0.717, 1.165) is 16.7 Å². The molecule has 1 aromatic carbocycles. The van der Waals surface area contributed by atoms with Gasteiger partial charge in [-0.25, -0.2) is 0 Å². The van der Waals surface area contributed by atoms with E-state index in [1.807, 2.05) is 0 Å². The predicted molar refractivity (Wildman–Crippen MR) is 102 cm³/mol. The second-order valence-electron chi connectivity index (χ2n) is 5.44. The van der Waals surface area contributed by atoms with E-state index in [9.17, 15) is 14.4 Å². The highest BCUT2D eigenvalue weighted by Gasteiger charge is 2.35. The predicted octanol–water partition coefficient (Wildman–Crippen LogP) is 3.52. The molecule has 0 spiro atoms. The number of nitrogens with one attached hydrogen (secondary N) is 1. The first-order valence-corrected chi connectivity index (χ1v) is 8.78. The molecule has 1 fully saturated rings. The van der Waals surface area contributed by atoms with Crippen LogP contribution in [-0.4, -0.2) is 35.6 Å². The van der Waals surface area contributed by atoms with Crippen molar-refractivity contribution in [2.24, 2.45) is 0 Å². The molecule has 1 saturated heterocycles. The number of benzene rings is 1. The lowest BCUT2D eigenvalue weighted by Gasteiger charge is -2.12. The van der Waals surface area contributed by atoms with E-state index >= 15 is 0 Å². The lowest BCUT2D eigenvalue weighted by atomic mass is 10.3. The number of carbonyl (C=O) groups excluding carboxylic acids is 3. The van der Waals surface area contributed by atoms with Crippen LogP contribution in [0.4, 0.5) is 10.5 Å². The molecule has 1 N–H and O–H groups in total. The van der Waals surface area contributed by atoms with Gasteiger partial charge in [-0.15, -0.1) is 0 Å². The van der Waals surface area contributed by atoms with Crippen LogP contribution >= 0.6 is 11.8 Å². The Morgan fingerprint density at radius 1 is 1.26 bits per heavy atom. The van der Waals surface area contributed by atoms with E-state index in [1.165, 1.54) is 12.3 Å². The van der Waals surface area contributed by atoms with Crippen molar-refractivity contribution in [3.8, 4) is 5.75 Å². The first-order chi connectivity index (χ1) is 13.1. The zero-order valence-electron chi connectivity index (χ0n) is 14.4. The Morgan fingerprint density at radius 3 is 2.70 bits per heavy atom. The molecule has 2 aromatic rings. The second kappa shape index (κ2) is 8.41. The maximum absolute atomic E-state index is 12.3. The fourth-order valence-corrected chi connectivity index (χ4v) is 3.08. The third-order valence-corrected chi connectivity index (χ3v) is 4.53. The molecule has 0 bridgehead atoms. The number of ether oxygens (including phenoxy) is 1. The number of anilines is 1. The summed E-state index contributed by atoms with van der Waals surface area (Å²) >= 11 is 0.792. The van der Waals surface area contributed by atoms with Gasteiger partial charge in [0.05, 0.1) is 18.3 Å². The average Bonchev–Trinajstić information content (AvgIpc) is 3.27. The topological polar surface area (TPSA) is 88.8 Å². The summed E-state index contributed by atoms with van der Waals surface area (Å²) in [6.07, 6.45) is 6.35. The van der Waals surface area contributed by atoms with Crippen LogP contribution in [0.15, 0.2) is 64.1 Å². The van der Waals surface area contributed by atoms with E-state index in [2.05, 4.69) is 5.32 Å². The van der Waals surface area contributed by atoms with Crippen molar-refractivity contribution in [1.82, 2.24) is 4.90 Å². The maximum atomic E-state index is 12.3. The summed E-state index contributed by atoms with van der Waals surface area (Å²) < 4.78 is 10.2. The second-order valence-corrected chi connectivity index (χ2v) is 6.43. The number of rotatable bonds is 6. The largest absolute Gasteiger partial charge is 0.497 e. The first kappa shape index (κ1) is 18.5. The lowest BCUT2D eigenvalue weighted by molar-refractivity contribution is -0.127. The molecule has 27 heavy (non-hydrogen) atoms. The van der Waals surface area contributed by atoms with E-state index in [0.29, 0.717) is 17.2 Å². The van der Waals surface area contributed by atoms with Crippen molar-refractivity contribution in [1.29, 1.82) is 0 Å². The average molecular weight is 384 g/mol. The van der Waals surface area contributed by atoms with Gasteiger partial charge in [0.1, 0.15) is 18.1 Å². The number of methoxy groups -OCH3 is 1. The van der Waals surface area contributed by atoms with Gasteiger partial charge in [-0.3, -0.25) is 19.3 Å². The summed E-state index contributed by atoms with van der Waals surface area (Å²) in [5.41, 5.74) is 0.546. The molecule has 1 aromatic heterocycles. The molecule has 1 aliphatic heterocycles. The van der Waals surface area contributed by atoms with Crippen molar-refractivity contribution in [3.05, 3.63) is 65.5 Å². The Balaban J connectivity index is 1.60. The highest BCUT2D eigenvalue weighted by molar-refractivity contribution is 8.18. The molecular weight excluding hydrogens is 368 g/mol. The van der Waals surface area contributed by atoms with Crippen molar-refractivity contribution < 1.29 is 23.5 Å². The zero-order valence-corrected chi connectivity index (χ0v) is 15.2. The number of hydrogen-bond acceptors (Lipinski definition) is 6. The van der Waals surface area contributed by atoms with Crippen LogP contribution in [0.1, 0.15) is 5.76 Å². The highest BCUT2D eigenvalue weighted by atomic mass is 32.2. The fourth-order valence-electron chi connectivity index (χ4n) is 2.29. The summed E-state index contributed by atoms with van der Waals surface area (Å²) in [7, 11) is 1.55. The molecule has 8 heteroatoms. The van der Waals surface area contributed by atoms with E-state index in [-0.39, 0.29) is 11.4 Å². The van der Waals surface area contributed by atoms with Crippen LogP contribution in [-0.2, 0) is 9.59 Å². The number of nitrogens with zero attached hydrogens (tertiary/aromatic N) is 1. The van der Waals surface area contributed by atoms with Crippen LogP contribution in [0.2, 0.25) is 0 Å². The normalized spacial score (nSPS) is 15.7. The van der Waals surface area contributed by atoms with Crippen LogP contribution in [0.5, 0.6) is 5.75 Å². The van der Waals surface area contributed by atoms with Crippen LogP contribution in [0.25, 0.3) is 6.08 Å². The van der Waals surface area contributed by atoms with Gasteiger partial charge >= 0.3 is 0 Å². The number of thioether (sulfide) groups is 1. The van der Waals surface area contributed by atoms with Gasteiger partial charge in [0.2, 0.25) is 5.91 Å². The molecular formula is C19H16N2O5S. The lowest BCUT2D eigenvalue weighted by Crippen LogP contribution is -2.36. The molecule has 1 aliphatic rings. The summed E-state index contributed by atoms with van der Waals surface area (Å²) in [4.78, 5) is 37.7. The molecule has 0 atom stereocenters. The number of allylic oxidation sites excluding steroid dienone is 2. The summed E-state index contributed by atoms with van der Waals surface area (Å²) in [6.45, 7) is -0.351. The molecule has 7 nitrogen and oxygen atoms in total. The smallest absolute Gasteiger partial charge is 0.294 e. The van der Waals surface area contributed by atoms with E-state index < -0.39 is 17.1 Å². The molecule has 3 amide bonds. The van der Waals surface area contributed by atoms with Gasteiger partial charge in [0.25, 0.3) is 11.1 Å². The monoisotopic (exact) mass is 384 g/mol. The van der Waals surface area contributed by atoms with E-state index in [1.54, 1.807) is 55.7 Å². The number of hydrogen-bond donors (Lipinski definition) is 1. The first-order valence-electron chi connectivity index (χ1n) is 7.96. The molecule has 0 saturated carbocycles. The molecule has 138 valence electrons. The van der Waals surface area contributed by atoms with Crippen molar-refractivity contribution in [2.75, 3.05) is 19.0 Å². The van der Waals surface area contributed by atoms with Crippen LogP contribution < -0.4 is 10.1 Å². The zero-order chi connectivity index (χ0) is 19.2. The third-order valence-electron chi connectivity index (χ3n) is 3.60. The van der Waals surface area contributed by atoms with Gasteiger partial charge in [-0.05, 0) is 60.3 Å². The third kappa shape index (κ3) is 4.68. The molecule has 2 heterocycles. The van der Waals surface area contributed by atoms with Gasteiger partial charge in [0.15, 0.2) is 0 Å². The standard InChI is InChI=1S/C19H16N2O5S/c1-25-14-9-7-13(8-10-14)20-17(22)12-21-18(23)16(27-19(21)24)6-2-4-15-5-3-11-26-15/h2-11H,12H2,1H3,(H,20,22)/b4-2+,16-6+. The van der Waals surface area contributed by atoms with Gasteiger partial charge in [-0.1, -0.05) is 6.08 Å². The van der Waals surface area contributed by atoms with Gasteiger partial charge in [0, 0.05) is 5.69 Å². The van der Waals surface area contributed by atoms with Crippen molar-refractivity contribution in [3.63, 3.8) is 0 Å². The number of amides is 3. The SMILES string of the molecule is COc1ccc(NC(=O)CN2C(=O)S/C(=C/C=C/c3ccco3)C2=O)cc1. The summed E-state index contributed by atoms with van der Waals surface area (Å²) in [6, 6.07) is 10.2. The molecule has 0 aliphatic carbocycles. The quantitative estimate of drug-likeness (QED) is 0.767. The van der Waals surface area contributed by atoms with Crippen LogP contribution in [0.3, 0.4) is 0 Å². The Hall–Kier alpha value is -3.26. The van der Waals surface area contributed by atoms with Crippen molar-refractivity contribution >= 4 is 40.6 Å². The highest BCUT2D eigenvalue weighted by Crippen LogP contribution is 2.30. The fraction of sp³-hybridized carbons (Fsp3) is 0.105. The summed E-state index contributed by atoms with van der Waals surface area (Å²) in [5.74, 6) is 0.324. The molecule has 3 rings (SSSR count). The van der Waals surface area contributed by atoms with Gasteiger partial charge in [-0.2, -0.15) is 0 Å². The molecule has 0 unspecified atom stereocenters.